The summed E-state index contributed by atoms with van der Waals surface area (Å²) in [6.45, 7) is 3.53. The Morgan fingerprint density at radius 3 is 2.31 bits per heavy atom. The van der Waals surface area contributed by atoms with Crippen LogP contribution >= 0.6 is 7.82 Å². The Hall–Kier alpha value is -3.19. The zero-order valence-corrected chi connectivity index (χ0v) is 16.2. The van der Waals surface area contributed by atoms with Gasteiger partial charge in [0, 0.05) is 22.9 Å². The molecule has 0 amide bonds. The average Bonchev–Trinajstić information content (AvgIpc) is 2.59. The third kappa shape index (κ3) is 3.61. The first kappa shape index (κ1) is 19.1. The summed E-state index contributed by atoms with van der Waals surface area (Å²) >= 11 is 0. The van der Waals surface area contributed by atoms with Crippen LogP contribution in [0.4, 0.5) is 0 Å². The highest BCUT2D eigenvalue weighted by Crippen LogP contribution is 2.39. The van der Waals surface area contributed by atoms with E-state index in [4.69, 9.17) is 18.6 Å². The van der Waals surface area contributed by atoms with Gasteiger partial charge in [-0.15, -0.1) is 0 Å². The lowest BCUT2D eigenvalue weighted by atomic mass is 9.98. The van der Waals surface area contributed by atoms with Crippen molar-refractivity contribution in [3.63, 3.8) is 0 Å². The van der Waals surface area contributed by atoms with Crippen molar-refractivity contribution >= 4 is 29.8 Å². The fraction of sp³-hybridized carbons (Fsp3) is 0.100. The molecule has 0 radical (unpaired) electrons. The van der Waals surface area contributed by atoms with Crippen LogP contribution in [0.5, 0.6) is 5.75 Å². The van der Waals surface area contributed by atoms with Crippen LogP contribution in [0.15, 0.2) is 60.9 Å². The van der Waals surface area contributed by atoms with E-state index < -0.39 is 19.1 Å². The van der Waals surface area contributed by atoms with Crippen molar-refractivity contribution < 1.29 is 27.7 Å². The summed E-state index contributed by atoms with van der Waals surface area (Å²) in [5.74, 6) is -0.121. The van der Waals surface area contributed by atoms with Crippen molar-refractivity contribution in [3.8, 4) is 16.9 Å². The van der Waals surface area contributed by atoms with Gasteiger partial charge in [-0.25, -0.2) is 14.2 Å². The minimum absolute atomic E-state index is 0.121. The second-order valence-corrected chi connectivity index (χ2v) is 7.75. The Balaban J connectivity index is 1.91. The maximum Gasteiger partial charge on any atom is 0.524 e. The number of aryl methyl sites for hydroxylation is 2. The molecule has 0 aliphatic heterocycles. The number of phosphoric ester groups is 1. The molecule has 8 nitrogen and oxygen atoms in total. The summed E-state index contributed by atoms with van der Waals surface area (Å²) in [6.07, 6.45) is 0. The Bertz CT molecular complexity index is 1440. The van der Waals surface area contributed by atoms with Crippen molar-refractivity contribution in [2.45, 2.75) is 13.8 Å². The summed E-state index contributed by atoms with van der Waals surface area (Å²) in [6, 6.07) is 10.7. The van der Waals surface area contributed by atoms with Crippen molar-refractivity contribution in [2.75, 3.05) is 0 Å². The molecular formula is C20H15O8P. The quantitative estimate of drug-likeness (QED) is 0.384. The molecule has 2 N–H and O–H groups in total. The molecular weight excluding hydrogens is 399 g/mol. The van der Waals surface area contributed by atoms with Crippen molar-refractivity contribution in [2.24, 2.45) is 0 Å². The average molecular weight is 414 g/mol. The second kappa shape index (κ2) is 6.70. The number of rotatable bonds is 3. The third-order valence-corrected chi connectivity index (χ3v) is 5.05. The lowest BCUT2D eigenvalue weighted by Crippen LogP contribution is -2.06. The zero-order chi connectivity index (χ0) is 20.9. The van der Waals surface area contributed by atoms with Crippen LogP contribution in [0.2, 0.25) is 0 Å². The van der Waals surface area contributed by atoms with Crippen LogP contribution in [-0.2, 0) is 4.57 Å². The van der Waals surface area contributed by atoms with E-state index in [1.165, 1.54) is 18.2 Å². The Morgan fingerprint density at radius 2 is 1.59 bits per heavy atom. The minimum Gasteiger partial charge on any atom is -0.423 e. The van der Waals surface area contributed by atoms with Gasteiger partial charge in [0.15, 0.2) is 0 Å². The van der Waals surface area contributed by atoms with Gasteiger partial charge in [-0.2, -0.15) is 0 Å². The summed E-state index contributed by atoms with van der Waals surface area (Å²) < 4.78 is 26.2. The molecule has 29 heavy (non-hydrogen) atoms. The zero-order valence-electron chi connectivity index (χ0n) is 15.3. The van der Waals surface area contributed by atoms with E-state index in [-0.39, 0.29) is 11.3 Å². The Morgan fingerprint density at radius 1 is 0.897 bits per heavy atom. The molecule has 0 aliphatic carbocycles. The molecule has 4 aromatic rings. The molecule has 0 unspecified atom stereocenters. The monoisotopic (exact) mass is 414 g/mol. The highest BCUT2D eigenvalue weighted by Gasteiger charge is 2.19. The van der Waals surface area contributed by atoms with Gasteiger partial charge in [-0.1, -0.05) is 12.1 Å². The molecule has 2 aromatic heterocycles. The van der Waals surface area contributed by atoms with Gasteiger partial charge < -0.3 is 13.4 Å². The predicted octanol–water partition coefficient (Wildman–Crippen LogP) is 3.65. The number of hydrogen-bond acceptors (Lipinski definition) is 6. The van der Waals surface area contributed by atoms with E-state index in [1.54, 1.807) is 38.1 Å². The van der Waals surface area contributed by atoms with Crippen LogP contribution in [0.1, 0.15) is 11.1 Å². The van der Waals surface area contributed by atoms with Gasteiger partial charge in [-0.3, -0.25) is 9.79 Å². The number of hydrogen-bond donors (Lipinski definition) is 2. The highest BCUT2D eigenvalue weighted by atomic mass is 31.2. The summed E-state index contributed by atoms with van der Waals surface area (Å²) in [5.41, 5.74) is 1.56. The van der Waals surface area contributed by atoms with Gasteiger partial charge in [0.05, 0.1) is 5.56 Å². The van der Waals surface area contributed by atoms with E-state index in [9.17, 15) is 14.2 Å². The van der Waals surface area contributed by atoms with E-state index >= 15 is 0 Å². The van der Waals surface area contributed by atoms with Gasteiger partial charge in [0.2, 0.25) is 0 Å². The topological polar surface area (TPSA) is 127 Å². The number of fused-ring (bicyclic) bond motifs is 2. The van der Waals surface area contributed by atoms with Crippen LogP contribution in [0, 0.1) is 13.8 Å². The van der Waals surface area contributed by atoms with Gasteiger partial charge >= 0.3 is 19.1 Å². The molecule has 2 aromatic carbocycles. The largest absolute Gasteiger partial charge is 0.524 e. The second-order valence-electron chi connectivity index (χ2n) is 6.59. The Labute approximate surface area is 163 Å². The summed E-state index contributed by atoms with van der Waals surface area (Å²) in [5, 5.41) is 1.33. The molecule has 148 valence electrons. The molecule has 0 saturated carbocycles. The summed E-state index contributed by atoms with van der Waals surface area (Å²) in [7, 11) is -4.73. The maximum atomic E-state index is 12.7. The minimum atomic E-state index is -4.73. The van der Waals surface area contributed by atoms with Crippen LogP contribution < -0.4 is 15.8 Å². The molecule has 0 fully saturated rings. The molecule has 2 heterocycles. The third-order valence-electron chi connectivity index (χ3n) is 4.60. The van der Waals surface area contributed by atoms with E-state index in [2.05, 4.69) is 4.52 Å². The smallest absolute Gasteiger partial charge is 0.423 e. The highest BCUT2D eigenvalue weighted by molar-refractivity contribution is 7.46. The lowest BCUT2D eigenvalue weighted by Gasteiger charge is -2.11. The molecule has 0 aliphatic rings. The molecule has 0 spiro atoms. The first-order valence-corrected chi connectivity index (χ1v) is 10.0. The van der Waals surface area contributed by atoms with E-state index in [1.807, 2.05) is 0 Å². The van der Waals surface area contributed by atoms with Crippen LogP contribution in [0.25, 0.3) is 33.1 Å². The van der Waals surface area contributed by atoms with Crippen molar-refractivity contribution in [1.29, 1.82) is 0 Å². The number of benzene rings is 2. The van der Waals surface area contributed by atoms with E-state index in [0.29, 0.717) is 27.7 Å². The SMILES string of the molecule is Cc1cc(=O)oc2cc(-c3c(C)c4ccc(OP(=O)(O)O)cc4oc3=O)ccc12. The first-order valence-electron chi connectivity index (χ1n) is 8.50. The maximum absolute atomic E-state index is 12.7. The molecule has 0 atom stereocenters. The van der Waals surface area contributed by atoms with Gasteiger partial charge in [-0.05, 0) is 48.7 Å². The first-order chi connectivity index (χ1) is 13.6. The molecule has 0 bridgehead atoms. The van der Waals surface area contributed by atoms with Gasteiger partial charge in [0.25, 0.3) is 0 Å². The van der Waals surface area contributed by atoms with E-state index in [0.717, 1.165) is 10.9 Å². The molecule has 0 saturated heterocycles. The fourth-order valence-electron chi connectivity index (χ4n) is 3.34. The Kier molecular flexibility index (Phi) is 4.42. The summed E-state index contributed by atoms with van der Waals surface area (Å²) in [4.78, 5) is 42.2. The normalized spacial score (nSPS) is 11.9. The fourth-order valence-corrected chi connectivity index (χ4v) is 3.73. The molecule has 9 heteroatoms. The van der Waals surface area contributed by atoms with Crippen molar-refractivity contribution in [3.05, 3.63) is 74.4 Å². The lowest BCUT2D eigenvalue weighted by molar-refractivity contribution is 0.283. The number of phosphoric acid groups is 1. The molecule has 4 rings (SSSR count). The predicted molar refractivity (Wildman–Crippen MR) is 106 cm³/mol. The van der Waals surface area contributed by atoms with Crippen LogP contribution in [-0.4, -0.2) is 9.79 Å². The standard InChI is InChI=1S/C20H15O8P/c1-10-7-18(21)26-16-8-12(3-5-14(10)16)19-11(2)15-6-4-13(28-29(23,24)25)9-17(15)27-20(19)22/h3-9H,1-2H3,(H2,23,24,25). The van der Waals surface area contributed by atoms with Gasteiger partial charge in [0.1, 0.15) is 16.9 Å². The van der Waals surface area contributed by atoms with Crippen molar-refractivity contribution in [1.82, 2.24) is 0 Å². The van der Waals surface area contributed by atoms with Crippen LogP contribution in [0.3, 0.4) is 0 Å².